The number of anilines is 1. The van der Waals surface area contributed by atoms with Crippen molar-refractivity contribution in [3.05, 3.63) is 29.8 Å². The van der Waals surface area contributed by atoms with Gasteiger partial charge < -0.3 is 10.2 Å². The third-order valence-electron chi connectivity index (χ3n) is 3.55. The lowest BCUT2D eigenvalue weighted by atomic mass is 10.2. The molecule has 1 fully saturated rings. The minimum Gasteiger partial charge on any atom is -0.343 e. The van der Waals surface area contributed by atoms with E-state index < -0.39 is 0 Å². The highest BCUT2D eigenvalue weighted by molar-refractivity contribution is 5.90. The molecule has 2 rings (SSSR count). The predicted octanol–water partition coefficient (Wildman–Crippen LogP) is 1.10. The highest BCUT2D eigenvalue weighted by Crippen LogP contribution is 2.09. The predicted molar refractivity (Wildman–Crippen MR) is 78.5 cm³/mol. The van der Waals surface area contributed by atoms with Crippen molar-refractivity contribution in [1.29, 1.82) is 0 Å². The van der Waals surface area contributed by atoms with Crippen LogP contribution in [-0.4, -0.2) is 54.8 Å². The van der Waals surface area contributed by atoms with Gasteiger partial charge in [-0.05, 0) is 19.1 Å². The van der Waals surface area contributed by atoms with Gasteiger partial charge in [-0.2, -0.15) is 0 Å². The van der Waals surface area contributed by atoms with E-state index in [1.165, 1.54) is 5.56 Å². The highest BCUT2D eigenvalue weighted by atomic mass is 16.1. The van der Waals surface area contributed by atoms with Crippen LogP contribution < -0.4 is 5.32 Å². The van der Waals surface area contributed by atoms with Crippen molar-refractivity contribution in [3.8, 4) is 0 Å². The molecule has 1 aliphatic rings. The van der Waals surface area contributed by atoms with E-state index in [0.717, 1.165) is 44.8 Å². The number of piperazine rings is 1. The number of carbonyl (C=O) groups excluding carboxylic acids is 2. The fourth-order valence-electron chi connectivity index (χ4n) is 2.21. The summed E-state index contributed by atoms with van der Waals surface area (Å²) in [6.07, 6.45) is 1.37. The Morgan fingerprint density at radius 3 is 2.45 bits per heavy atom. The number of nitrogens with one attached hydrogen (secondary N) is 1. The van der Waals surface area contributed by atoms with Gasteiger partial charge >= 0.3 is 0 Å². The van der Waals surface area contributed by atoms with Crippen molar-refractivity contribution in [3.63, 3.8) is 0 Å². The van der Waals surface area contributed by atoms with Crippen LogP contribution in [0.1, 0.15) is 12.0 Å². The van der Waals surface area contributed by atoms with Crippen LogP contribution in [0.3, 0.4) is 0 Å². The Labute approximate surface area is 119 Å². The SMILES string of the molecule is Cc1ccc(NC(=O)CCN2CCN(C=O)CC2)cc1. The summed E-state index contributed by atoms with van der Waals surface area (Å²) in [6, 6.07) is 7.79. The van der Waals surface area contributed by atoms with Gasteiger partial charge in [0.15, 0.2) is 0 Å². The van der Waals surface area contributed by atoms with Gasteiger partial charge in [0, 0.05) is 44.8 Å². The lowest BCUT2D eigenvalue weighted by Gasteiger charge is -2.32. The van der Waals surface area contributed by atoms with Gasteiger partial charge in [-0.15, -0.1) is 0 Å². The van der Waals surface area contributed by atoms with E-state index in [1.807, 2.05) is 31.2 Å². The first kappa shape index (κ1) is 14.5. The number of benzene rings is 1. The van der Waals surface area contributed by atoms with Crippen molar-refractivity contribution in [2.45, 2.75) is 13.3 Å². The monoisotopic (exact) mass is 275 g/mol. The molecule has 1 aromatic rings. The summed E-state index contributed by atoms with van der Waals surface area (Å²) in [4.78, 5) is 26.4. The number of carbonyl (C=O) groups is 2. The quantitative estimate of drug-likeness (QED) is 0.819. The standard InChI is InChI=1S/C15H21N3O2/c1-13-2-4-14(5-3-13)16-15(20)6-7-17-8-10-18(12-19)11-9-17/h2-5,12H,6-11H2,1H3,(H,16,20). The Morgan fingerprint density at radius 1 is 1.20 bits per heavy atom. The number of aryl methyl sites for hydroxylation is 1. The molecule has 0 radical (unpaired) electrons. The molecular weight excluding hydrogens is 254 g/mol. The smallest absolute Gasteiger partial charge is 0.225 e. The van der Waals surface area contributed by atoms with Crippen LogP contribution in [0.5, 0.6) is 0 Å². The van der Waals surface area contributed by atoms with Gasteiger partial charge in [0.05, 0.1) is 0 Å². The summed E-state index contributed by atoms with van der Waals surface area (Å²) >= 11 is 0. The van der Waals surface area contributed by atoms with Crippen molar-refractivity contribution in [1.82, 2.24) is 9.80 Å². The van der Waals surface area contributed by atoms with Crippen LogP contribution in [-0.2, 0) is 9.59 Å². The summed E-state index contributed by atoms with van der Waals surface area (Å²) in [5.74, 6) is 0.0340. The highest BCUT2D eigenvalue weighted by Gasteiger charge is 2.15. The molecule has 0 unspecified atom stereocenters. The molecule has 2 amide bonds. The van der Waals surface area contributed by atoms with Crippen LogP contribution in [0.15, 0.2) is 24.3 Å². The van der Waals surface area contributed by atoms with E-state index >= 15 is 0 Å². The molecule has 0 aromatic heterocycles. The number of rotatable bonds is 5. The zero-order chi connectivity index (χ0) is 14.4. The number of hydrogen-bond acceptors (Lipinski definition) is 3. The summed E-state index contributed by atoms with van der Waals surface area (Å²) in [5.41, 5.74) is 2.02. The molecular formula is C15H21N3O2. The van der Waals surface area contributed by atoms with Crippen LogP contribution in [0.2, 0.25) is 0 Å². The molecule has 1 heterocycles. The van der Waals surface area contributed by atoms with E-state index in [-0.39, 0.29) is 5.91 Å². The third-order valence-corrected chi connectivity index (χ3v) is 3.55. The molecule has 0 spiro atoms. The maximum Gasteiger partial charge on any atom is 0.225 e. The molecule has 0 saturated carbocycles. The summed E-state index contributed by atoms with van der Waals surface area (Å²) in [5, 5.41) is 2.90. The van der Waals surface area contributed by atoms with E-state index in [2.05, 4.69) is 10.2 Å². The molecule has 1 aromatic carbocycles. The largest absolute Gasteiger partial charge is 0.343 e. The molecule has 20 heavy (non-hydrogen) atoms. The lowest BCUT2D eigenvalue weighted by molar-refractivity contribution is -0.120. The Hall–Kier alpha value is -1.88. The van der Waals surface area contributed by atoms with E-state index in [4.69, 9.17) is 0 Å². The average Bonchev–Trinajstić information content (AvgIpc) is 2.48. The van der Waals surface area contributed by atoms with Gasteiger partial charge in [0.2, 0.25) is 12.3 Å². The molecule has 5 heteroatoms. The van der Waals surface area contributed by atoms with Gasteiger partial charge in [-0.25, -0.2) is 0 Å². The van der Waals surface area contributed by atoms with E-state index in [9.17, 15) is 9.59 Å². The van der Waals surface area contributed by atoms with Crippen LogP contribution in [0.4, 0.5) is 5.69 Å². The normalized spacial score (nSPS) is 15.9. The second-order valence-corrected chi connectivity index (χ2v) is 5.15. The number of hydrogen-bond donors (Lipinski definition) is 1. The minimum absolute atomic E-state index is 0.0340. The molecule has 0 aliphatic carbocycles. The zero-order valence-electron chi connectivity index (χ0n) is 11.8. The maximum atomic E-state index is 11.9. The Bertz CT molecular complexity index is 451. The van der Waals surface area contributed by atoms with Crippen LogP contribution in [0, 0.1) is 6.92 Å². The number of nitrogens with zero attached hydrogens (tertiary/aromatic N) is 2. The van der Waals surface area contributed by atoms with Crippen molar-refractivity contribution < 1.29 is 9.59 Å². The lowest BCUT2D eigenvalue weighted by Crippen LogP contribution is -2.46. The summed E-state index contributed by atoms with van der Waals surface area (Å²) in [6.45, 7) is 5.95. The van der Waals surface area contributed by atoms with Gasteiger partial charge in [-0.1, -0.05) is 17.7 Å². The average molecular weight is 275 g/mol. The Morgan fingerprint density at radius 2 is 1.85 bits per heavy atom. The van der Waals surface area contributed by atoms with Gasteiger partial charge in [0.1, 0.15) is 0 Å². The second-order valence-electron chi connectivity index (χ2n) is 5.15. The molecule has 1 aliphatic heterocycles. The van der Waals surface area contributed by atoms with Crippen LogP contribution >= 0.6 is 0 Å². The van der Waals surface area contributed by atoms with E-state index in [1.54, 1.807) is 4.90 Å². The fourth-order valence-corrected chi connectivity index (χ4v) is 2.21. The maximum absolute atomic E-state index is 11.9. The first-order chi connectivity index (χ1) is 9.67. The molecule has 0 atom stereocenters. The van der Waals surface area contributed by atoms with Gasteiger partial charge in [0.25, 0.3) is 0 Å². The van der Waals surface area contributed by atoms with Crippen molar-refractivity contribution in [2.75, 3.05) is 38.0 Å². The van der Waals surface area contributed by atoms with Crippen molar-refractivity contribution >= 4 is 18.0 Å². The van der Waals surface area contributed by atoms with Crippen LogP contribution in [0.25, 0.3) is 0 Å². The zero-order valence-corrected chi connectivity index (χ0v) is 11.8. The first-order valence-corrected chi connectivity index (χ1v) is 6.95. The molecule has 0 bridgehead atoms. The minimum atomic E-state index is 0.0340. The Balaban J connectivity index is 1.70. The first-order valence-electron chi connectivity index (χ1n) is 6.95. The van der Waals surface area contributed by atoms with Gasteiger partial charge in [-0.3, -0.25) is 14.5 Å². The molecule has 1 N–H and O–H groups in total. The summed E-state index contributed by atoms with van der Waals surface area (Å²) in [7, 11) is 0. The van der Waals surface area contributed by atoms with Crippen molar-refractivity contribution in [2.24, 2.45) is 0 Å². The number of amides is 2. The molecule has 1 saturated heterocycles. The Kier molecular flexibility index (Phi) is 5.12. The van der Waals surface area contributed by atoms with E-state index in [0.29, 0.717) is 6.42 Å². The molecule has 108 valence electrons. The topological polar surface area (TPSA) is 52.7 Å². The second kappa shape index (κ2) is 7.05. The fraction of sp³-hybridized carbons (Fsp3) is 0.467. The third kappa shape index (κ3) is 4.35. The molecule has 5 nitrogen and oxygen atoms in total. The summed E-state index contributed by atoms with van der Waals surface area (Å²) < 4.78 is 0.